The van der Waals surface area contributed by atoms with E-state index < -0.39 is 0 Å². The van der Waals surface area contributed by atoms with Gasteiger partial charge in [-0.15, -0.1) is 0 Å². The van der Waals surface area contributed by atoms with Crippen molar-refractivity contribution in [1.29, 1.82) is 0 Å². The van der Waals surface area contributed by atoms with Crippen molar-refractivity contribution in [2.75, 3.05) is 7.11 Å². The van der Waals surface area contributed by atoms with Crippen LogP contribution in [0, 0.1) is 0 Å². The molecule has 0 N–H and O–H groups in total. The van der Waals surface area contributed by atoms with Gasteiger partial charge in [0.15, 0.2) is 0 Å². The van der Waals surface area contributed by atoms with Crippen molar-refractivity contribution in [3.05, 3.63) is 65.7 Å². The van der Waals surface area contributed by atoms with E-state index in [0.717, 1.165) is 23.3 Å². The highest BCUT2D eigenvalue weighted by molar-refractivity contribution is 5.76. The van der Waals surface area contributed by atoms with Gasteiger partial charge in [-0.2, -0.15) is 0 Å². The van der Waals surface area contributed by atoms with Crippen LogP contribution < -0.4 is 4.74 Å². The van der Waals surface area contributed by atoms with E-state index in [4.69, 9.17) is 4.74 Å². The zero-order valence-corrected chi connectivity index (χ0v) is 14.2. The van der Waals surface area contributed by atoms with Crippen LogP contribution in [0.4, 0.5) is 0 Å². The number of nitrogens with zero attached hydrogens (tertiary/aromatic N) is 1. The van der Waals surface area contributed by atoms with Crippen LogP contribution in [0.2, 0.25) is 0 Å². The summed E-state index contributed by atoms with van der Waals surface area (Å²) in [6.45, 7) is 4.79. The normalized spacial score (nSPS) is 10.6. The molecule has 0 aliphatic heterocycles. The molecular weight excluding hydrogens is 286 g/mol. The number of carbonyl (C=O) groups excluding carboxylic acids is 1. The topological polar surface area (TPSA) is 29.5 Å². The van der Waals surface area contributed by atoms with Crippen LogP contribution in [0.25, 0.3) is 0 Å². The second kappa shape index (κ2) is 8.37. The van der Waals surface area contributed by atoms with E-state index in [1.807, 2.05) is 47.4 Å². The third kappa shape index (κ3) is 5.13. The lowest BCUT2D eigenvalue weighted by molar-refractivity contribution is -0.133. The average Bonchev–Trinajstić information content (AvgIpc) is 2.58. The van der Waals surface area contributed by atoms with E-state index in [-0.39, 0.29) is 11.9 Å². The first-order valence-corrected chi connectivity index (χ1v) is 8.06. The Labute approximate surface area is 138 Å². The molecule has 122 valence electrons. The van der Waals surface area contributed by atoms with Crippen LogP contribution in [0.1, 0.15) is 31.4 Å². The monoisotopic (exact) mass is 311 g/mol. The predicted molar refractivity (Wildman–Crippen MR) is 93.4 cm³/mol. The number of ether oxygens (including phenoxy) is 1. The Balaban J connectivity index is 1.98. The summed E-state index contributed by atoms with van der Waals surface area (Å²) in [6, 6.07) is 18.2. The Morgan fingerprint density at radius 1 is 1.04 bits per heavy atom. The van der Waals surface area contributed by atoms with Crippen LogP contribution >= 0.6 is 0 Å². The largest absolute Gasteiger partial charge is 0.497 e. The molecule has 0 bridgehead atoms. The lowest BCUT2D eigenvalue weighted by Crippen LogP contribution is -2.36. The number of amides is 1. The van der Waals surface area contributed by atoms with E-state index in [1.54, 1.807) is 7.11 Å². The Hall–Kier alpha value is -2.29. The highest BCUT2D eigenvalue weighted by Crippen LogP contribution is 2.16. The third-order valence-corrected chi connectivity index (χ3v) is 3.90. The van der Waals surface area contributed by atoms with Gasteiger partial charge < -0.3 is 9.64 Å². The fourth-order valence-corrected chi connectivity index (χ4v) is 2.56. The second-order valence-corrected chi connectivity index (χ2v) is 5.95. The molecule has 0 aliphatic carbocycles. The molecule has 23 heavy (non-hydrogen) atoms. The smallest absolute Gasteiger partial charge is 0.223 e. The van der Waals surface area contributed by atoms with Crippen molar-refractivity contribution in [3.63, 3.8) is 0 Å². The fourth-order valence-electron chi connectivity index (χ4n) is 2.56. The summed E-state index contributed by atoms with van der Waals surface area (Å²) in [7, 11) is 1.66. The molecule has 0 radical (unpaired) electrons. The van der Waals surface area contributed by atoms with Gasteiger partial charge in [-0.25, -0.2) is 0 Å². The predicted octanol–water partition coefficient (Wildman–Crippen LogP) is 4.07. The number of methoxy groups -OCH3 is 1. The first-order valence-electron chi connectivity index (χ1n) is 8.06. The molecule has 0 aromatic heterocycles. The maximum Gasteiger partial charge on any atom is 0.223 e. The summed E-state index contributed by atoms with van der Waals surface area (Å²) >= 11 is 0. The average molecular weight is 311 g/mol. The van der Waals surface area contributed by atoms with E-state index >= 15 is 0 Å². The highest BCUT2D eigenvalue weighted by Gasteiger charge is 2.17. The molecular formula is C20H25NO2. The summed E-state index contributed by atoms with van der Waals surface area (Å²) in [5.74, 6) is 1.02. The quantitative estimate of drug-likeness (QED) is 0.771. The number of benzene rings is 2. The van der Waals surface area contributed by atoms with Crippen LogP contribution in [0.5, 0.6) is 5.75 Å². The van der Waals surface area contributed by atoms with E-state index in [2.05, 4.69) is 26.0 Å². The summed E-state index contributed by atoms with van der Waals surface area (Å²) in [6.07, 6.45) is 1.24. The molecule has 0 atom stereocenters. The summed E-state index contributed by atoms with van der Waals surface area (Å²) < 4.78 is 5.23. The summed E-state index contributed by atoms with van der Waals surface area (Å²) in [5, 5.41) is 0. The number of hydrogen-bond acceptors (Lipinski definition) is 2. The van der Waals surface area contributed by atoms with E-state index in [0.29, 0.717) is 13.0 Å². The molecule has 0 spiro atoms. The maximum atomic E-state index is 12.6. The van der Waals surface area contributed by atoms with Crippen LogP contribution in [-0.4, -0.2) is 24.0 Å². The lowest BCUT2D eigenvalue weighted by atomic mass is 10.1. The minimum absolute atomic E-state index is 0.187. The molecule has 0 unspecified atom stereocenters. The van der Waals surface area contributed by atoms with E-state index in [9.17, 15) is 4.79 Å². The van der Waals surface area contributed by atoms with Crippen molar-refractivity contribution >= 4 is 5.91 Å². The molecule has 0 heterocycles. The van der Waals surface area contributed by atoms with Gasteiger partial charge in [-0.05, 0) is 43.5 Å². The van der Waals surface area contributed by atoms with Crippen molar-refractivity contribution in [3.8, 4) is 5.75 Å². The molecule has 0 saturated heterocycles. The van der Waals surface area contributed by atoms with Gasteiger partial charge >= 0.3 is 0 Å². The van der Waals surface area contributed by atoms with Gasteiger partial charge in [0.05, 0.1) is 7.11 Å². The van der Waals surface area contributed by atoms with Crippen LogP contribution in [0.3, 0.4) is 0 Å². The van der Waals surface area contributed by atoms with Crippen LogP contribution in [-0.2, 0) is 17.8 Å². The van der Waals surface area contributed by atoms with Gasteiger partial charge in [-0.3, -0.25) is 4.79 Å². The molecule has 0 saturated carbocycles. The molecule has 3 heteroatoms. The molecule has 3 nitrogen and oxygen atoms in total. The first-order chi connectivity index (χ1) is 11.1. The fraction of sp³-hybridized carbons (Fsp3) is 0.350. The van der Waals surface area contributed by atoms with Crippen molar-refractivity contribution in [2.24, 2.45) is 0 Å². The molecule has 2 aromatic rings. The van der Waals surface area contributed by atoms with Crippen molar-refractivity contribution in [1.82, 2.24) is 4.90 Å². The van der Waals surface area contributed by atoms with Gasteiger partial charge in [-0.1, -0.05) is 42.5 Å². The SMILES string of the molecule is COc1cccc(CCC(=O)N(Cc2ccccc2)C(C)C)c1. The highest BCUT2D eigenvalue weighted by atomic mass is 16.5. The second-order valence-electron chi connectivity index (χ2n) is 5.95. The Morgan fingerprint density at radius 2 is 1.74 bits per heavy atom. The zero-order chi connectivity index (χ0) is 16.7. The minimum Gasteiger partial charge on any atom is -0.497 e. The molecule has 2 aromatic carbocycles. The number of rotatable bonds is 7. The summed E-state index contributed by atoms with van der Waals surface area (Å²) in [4.78, 5) is 14.6. The molecule has 0 aliphatic rings. The molecule has 2 rings (SSSR count). The van der Waals surface area contributed by atoms with Gasteiger partial charge in [0.1, 0.15) is 5.75 Å². The van der Waals surface area contributed by atoms with E-state index in [1.165, 1.54) is 0 Å². The first kappa shape index (κ1) is 17.1. The third-order valence-electron chi connectivity index (χ3n) is 3.90. The number of aryl methyl sites for hydroxylation is 1. The van der Waals surface area contributed by atoms with Crippen LogP contribution in [0.15, 0.2) is 54.6 Å². The standard InChI is InChI=1S/C20H25NO2/c1-16(2)21(15-18-8-5-4-6-9-18)20(22)13-12-17-10-7-11-19(14-17)23-3/h4-11,14,16H,12-13,15H2,1-3H3. The van der Waals surface area contributed by atoms with Crippen molar-refractivity contribution < 1.29 is 9.53 Å². The lowest BCUT2D eigenvalue weighted by Gasteiger charge is -2.27. The van der Waals surface area contributed by atoms with Gasteiger partial charge in [0.25, 0.3) is 0 Å². The van der Waals surface area contributed by atoms with Gasteiger partial charge in [0, 0.05) is 19.0 Å². The molecule has 1 amide bonds. The van der Waals surface area contributed by atoms with Gasteiger partial charge in [0.2, 0.25) is 5.91 Å². The summed E-state index contributed by atoms with van der Waals surface area (Å²) in [5.41, 5.74) is 2.29. The zero-order valence-electron chi connectivity index (χ0n) is 14.2. The number of hydrogen-bond donors (Lipinski definition) is 0. The number of carbonyl (C=O) groups is 1. The Kier molecular flexibility index (Phi) is 6.21. The maximum absolute atomic E-state index is 12.6. The Bertz CT molecular complexity index is 623. The molecule has 0 fully saturated rings. The minimum atomic E-state index is 0.187. The van der Waals surface area contributed by atoms with Crippen molar-refractivity contribution in [2.45, 2.75) is 39.3 Å². The Morgan fingerprint density at radius 3 is 2.39 bits per heavy atom.